The van der Waals surface area contributed by atoms with E-state index in [1.54, 1.807) is 17.5 Å². The normalized spacial score (nSPS) is 21.8. The fourth-order valence-corrected chi connectivity index (χ4v) is 5.32. The molecule has 0 radical (unpaired) electrons. The van der Waals surface area contributed by atoms with Crippen LogP contribution in [0.5, 0.6) is 0 Å². The molecule has 0 spiro atoms. The van der Waals surface area contributed by atoms with Crippen molar-refractivity contribution in [1.29, 1.82) is 0 Å². The van der Waals surface area contributed by atoms with Crippen molar-refractivity contribution in [3.8, 4) is 10.6 Å². The van der Waals surface area contributed by atoms with Crippen LogP contribution in [0.2, 0.25) is 5.02 Å². The zero-order valence-corrected chi connectivity index (χ0v) is 17.2. The van der Waals surface area contributed by atoms with E-state index in [0.717, 1.165) is 24.9 Å². The number of rotatable bonds is 4. The molecule has 5 nitrogen and oxygen atoms in total. The summed E-state index contributed by atoms with van der Waals surface area (Å²) >= 11 is 7.37. The summed E-state index contributed by atoms with van der Waals surface area (Å²) in [5.74, 6) is -0.0359. The van der Waals surface area contributed by atoms with Gasteiger partial charge >= 0.3 is 5.97 Å². The Morgan fingerprint density at radius 3 is 2.89 bits per heavy atom. The lowest BCUT2D eigenvalue weighted by molar-refractivity contribution is -0.140. The molecule has 2 heterocycles. The second-order valence-corrected chi connectivity index (χ2v) is 8.76. The predicted molar refractivity (Wildman–Crippen MR) is 110 cm³/mol. The Hall–Kier alpha value is -1.92. The summed E-state index contributed by atoms with van der Waals surface area (Å²) in [4.78, 5) is 31.3. The molecule has 4 rings (SSSR count). The molecule has 1 aromatic heterocycles. The third kappa shape index (κ3) is 4.23. The molecule has 2 aliphatic rings. The second kappa shape index (κ2) is 8.62. The van der Waals surface area contributed by atoms with E-state index >= 15 is 0 Å². The highest BCUT2D eigenvalue weighted by atomic mass is 35.5. The lowest BCUT2D eigenvalue weighted by Gasteiger charge is -2.44. The molecule has 2 fully saturated rings. The van der Waals surface area contributed by atoms with Gasteiger partial charge in [-0.05, 0) is 43.7 Å². The highest BCUT2D eigenvalue weighted by Crippen LogP contribution is 2.35. The van der Waals surface area contributed by atoms with E-state index < -0.39 is 5.97 Å². The minimum Gasteiger partial charge on any atom is -0.451 e. The molecule has 0 bridgehead atoms. The van der Waals surface area contributed by atoms with Crippen LogP contribution in [0.3, 0.4) is 0 Å². The number of thiazole rings is 1. The van der Waals surface area contributed by atoms with Gasteiger partial charge in [-0.2, -0.15) is 0 Å². The molecule has 2 aromatic rings. The van der Waals surface area contributed by atoms with Gasteiger partial charge in [-0.25, -0.2) is 9.78 Å². The zero-order chi connectivity index (χ0) is 19.5. The molecular formula is C21H23ClN2O3S. The molecule has 1 saturated carbocycles. The zero-order valence-electron chi connectivity index (χ0n) is 15.6. The van der Waals surface area contributed by atoms with Crippen LogP contribution in [0.4, 0.5) is 0 Å². The number of esters is 1. The maximum absolute atomic E-state index is 12.7. The van der Waals surface area contributed by atoms with Crippen LogP contribution in [0, 0.1) is 5.92 Å². The monoisotopic (exact) mass is 418 g/mol. The van der Waals surface area contributed by atoms with Crippen molar-refractivity contribution in [1.82, 2.24) is 9.88 Å². The summed E-state index contributed by atoms with van der Waals surface area (Å²) in [5.41, 5.74) is 1.08. The number of halogens is 1. The predicted octanol–water partition coefficient (Wildman–Crippen LogP) is 4.80. The maximum atomic E-state index is 12.7. The minimum atomic E-state index is -0.560. The van der Waals surface area contributed by atoms with Crippen LogP contribution in [0.25, 0.3) is 10.6 Å². The number of aromatic nitrogens is 1. The summed E-state index contributed by atoms with van der Waals surface area (Å²) in [6.07, 6.45) is 6.96. The number of amides is 1. The summed E-state index contributed by atoms with van der Waals surface area (Å²) in [6, 6.07) is 7.64. The van der Waals surface area contributed by atoms with Gasteiger partial charge in [0, 0.05) is 28.6 Å². The van der Waals surface area contributed by atoms with E-state index in [4.69, 9.17) is 16.3 Å². The Labute approximate surface area is 173 Å². The first kappa shape index (κ1) is 19.4. The number of hydrogen-bond acceptors (Lipinski definition) is 5. The second-order valence-electron chi connectivity index (χ2n) is 7.47. The van der Waals surface area contributed by atoms with Crippen LogP contribution < -0.4 is 0 Å². The number of carbonyl (C=O) groups excluding carboxylic acids is 2. The SMILES string of the molecule is O=C(OCC(=O)N1CCC[C@@H]2CCCC[C@H]21)c1csc(-c2cccc(Cl)c2)n1. The Bertz CT molecular complexity index is 867. The Morgan fingerprint density at radius 1 is 1.21 bits per heavy atom. The van der Waals surface area contributed by atoms with Gasteiger partial charge in [-0.3, -0.25) is 4.79 Å². The topological polar surface area (TPSA) is 59.5 Å². The Balaban J connectivity index is 1.36. The summed E-state index contributed by atoms with van der Waals surface area (Å²) < 4.78 is 5.28. The molecule has 1 aliphatic heterocycles. The molecule has 1 saturated heterocycles. The van der Waals surface area contributed by atoms with Gasteiger partial charge in [0.05, 0.1) is 0 Å². The summed E-state index contributed by atoms with van der Waals surface area (Å²) in [7, 11) is 0. The lowest BCUT2D eigenvalue weighted by Crippen LogP contribution is -2.50. The van der Waals surface area contributed by atoms with E-state index in [1.165, 1.54) is 37.0 Å². The van der Waals surface area contributed by atoms with E-state index in [2.05, 4.69) is 4.98 Å². The van der Waals surface area contributed by atoms with Crippen LogP contribution in [0.1, 0.15) is 49.0 Å². The highest BCUT2D eigenvalue weighted by molar-refractivity contribution is 7.13. The van der Waals surface area contributed by atoms with Crippen LogP contribution >= 0.6 is 22.9 Å². The number of hydrogen-bond donors (Lipinski definition) is 0. The van der Waals surface area contributed by atoms with Gasteiger partial charge in [0.15, 0.2) is 12.3 Å². The van der Waals surface area contributed by atoms with Crippen LogP contribution in [0.15, 0.2) is 29.6 Å². The van der Waals surface area contributed by atoms with Crippen molar-refractivity contribution in [3.05, 3.63) is 40.4 Å². The minimum absolute atomic E-state index is 0.0877. The number of carbonyl (C=O) groups is 2. The molecule has 148 valence electrons. The van der Waals surface area contributed by atoms with Gasteiger partial charge in [-0.1, -0.05) is 36.6 Å². The fraction of sp³-hybridized carbons (Fsp3) is 0.476. The maximum Gasteiger partial charge on any atom is 0.358 e. The third-order valence-electron chi connectivity index (χ3n) is 5.68. The van der Waals surface area contributed by atoms with Gasteiger partial charge in [0.2, 0.25) is 0 Å². The first-order valence-electron chi connectivity index (χ1n) is 9.80. The standard InChI is InChI=1S/C21H23ClN2O3S/c22-16-8-3-6-15(11-16)20-23-17(13-28-20)21(26)27-12-19(25)24-10-4-7-14-5-1-2-9-18(14)24/h3,6,8,11,13-14,18H,1-2,4-5,7,9-10,12H2/t14-,18+/m0/s1. The van der Waals surface area contributed by atoms with E-state index in [0.29, 0.717) is 22.0 Å². The first-order chi connectivity index (χ1) is 13.6. The fourth-order valence-electron chi connectivity index (χ4n) is 4.34. The Kier molecular flexibility index (Phi) is 5.97. The molecule has 28 heavy (non-hydrogen) atoms. The number of benzene rings is 1. The van der Waals surface area contributed by atoms with E-state index in [-0.39, 0.29) is 18.2 Å². The van der Waals surface area contributed by atoms with Crippen molar-refractivity contribution in [3.63, 3.8) is 0 Å². The van der Waals surface area contributed by atoms with Crippen molar-refractivity contribution in [2.75, 3.05) is 13.2 Å². The van der Waals surface area contributed by atoms with Crippen molar-refractivity contribution in [2.45, 2.75) is 44.6 Å². The van der Waals surface area contributed by atoms with Crippen molar-refractivity contribution >= 4 is 34.8 Å². The number of fused-ring (bicyclic) bond motifs is 1. The number of ether oxygens (including phenoxy) is 1. The molecule has 2 atom stereocenters. The average molecular weight is 419 g/mol. The summed E-state index contributed by atoms with van der Waals surface area (Å²) in [5, 5.41) is 2.97. The van der Waals surface area contributed by atoms with Crippen molar-refractivity contribution in [2.24, 2.45) is 5.92 Å². The quantitative estimate of drug-likeness (QED) is 0.669. The van der Waals surface area contributed by atoms with Crippen LogP contribution in [-0.2, 0) is 9.53 Å². The van der Waals surface area contributed by atoms with Gasteiger partial charge < -0.3 is 9.64 Å². The molecule has 1 aliphatic carbocycles. The van der Waals surface area contributed by atoms with Crippen molar-refractivity contribution < 1.29 is 14.3 Å². The number of nitrogens with zero attached hydrogens (tertiary/aromatic N) is 2. The molecule has 0 unspecified atom stereocenters. The van der Waals surface area contributed by atoms with Gasteiger partial charge in [0.25, 0.3) is 5.91 Å². The largest absolute Gasteiger partial charge is 0.451 e. The van der Waals surface area contributed by atoms with E-state index in [1.807, 2.05) is 17.0 Å². The Morgan fingerprint density at radius 2 is 2.04 bits per heavy atom. The highest BCUT2D eigenvalue weighted by Gasteiger charge is 2.35. The molecule has 0 N–H and O–H groups in total. The number of likely N-dealkylation sites (tertiary alicyclic amines) is 1. The molecular weight excluding hydrogens is 396 g/mol. The van der Waals surface area contributed by atoms with Gasteiger partial charge in [0.1, 0.15) is 5.01 Å². The molecule has 1 amide bonds. The van der Waals surface area contributed by atoms with Gasteiger partial charge in [-0.15, -0.1) is 11.3 Å². The first-order valence-corrected chi connectivity index (χ1v) is 11.1. The molecule has 7 heteroatoms. The average Bonchev–Trinajstić information content (AvgIpc) is 3.22. The lowest BCUT2D eigenvalue weighted by atomic mass is 9.78. The third-order valence-corrected chi connectivity index (χ3v) is 6.80. The summed E-state index contributed by atoms with van der Waals surface area (Å²) in [6.45, 7) is 0.555. The van der Waals surface area contributed by atoms with Crippen LogP contribution in [-0.4, -0.2) is 41.0 Å². The number of piperidine rings is 1. The van der Waals surface area contributed by atoms with E-state index in [9.17, 15) is 9.59 Å². The molecule has 1 aromatic carbocycles. The smallest absolute Gasteiger partial charge is 0.358 e.